The molecule has 2 aromatic carbocycles. The van der Waals surface area contributed by atoms with Gasteiger partial charge in [-0.1, -0.05) is 60.7 Å². The lowest BCUT2D eigenvalue weighted by Gasteiger charge is -2.31. The molecule has 1 fully saturated rings. The van der Waals surface area contributed by atoms with Crippen LogP contribution >= 0.6 is 11.8 Å². The Balaban J connectivity index is 2.10. The second kappa shape index (κ2) is 7.30. The van der Waals surface area contributed by atoms with Crippen LogP contribution in [-0.2, 0) is 15.1 Å². The largest absolute Gasteiger partial charge is 0.465 e. The number of nitriles is 1. The lowest BCUT2D eigenvalue weighted by Crippen LogP contribution is -2.44. The topological polar surface area (TPSA) is 70.3 Å². The summed E-state index contributed by atoms with van der Waals surface area (Å²) in [7, 11) is 0. The Labute approximate surface area is 151 Å². The van der Waals surface area contributed by atoms with Crippen molar-refractivity contribution in [3.8, 4) is 6.07 Å². The number of thioether (sulfide) groups is 1. The summed E-state index contributed by atoms with van der Waals surface area (Å²) in [6.45, 7) is 1.96. The van der Waals surface area contributed by atoms with Gasteiger partial charge in [0.1, 0.15) is 10.9 Å². The van der Waals surface area contributed by atoms with E-state index >= 15 is 0 Å². The van der Waals surface area contributed by atoms with Gasteiger partial charge in [0.2, 0.25) is 0 Å². The van der Waals surface area contributed by atoms with Crippen LogP contribution in [0.1, 0.15) is 23.3 Å². The molecule has 0 aromatic heterocycles. The molecule has 4 nitrogen and oxygen atoms in total. The summed E-state index contributed by atoms with van der Waals surface area (Å²) in [6, 6.07) is 20.7. The first-order valence-corrected chi connectivity index (χ1v) is 9.11. The summed E-state index contributed by atoms with van der Waals surface area (Å²) in [4.78, 5) is 12.6. The maximum atomic E-state index is 12.6. The summed E-state index contributed by atoms with van der Waals surface area (Å²) in [5, 5.41) is 20.2. The highest BCUT2D eigenvalue weighted by atomic mass is 32.2. The SMILES string of the molecule is CCOC(=O)[C@H]1S[C@@H](c2ccccc2)[C@@H](C#N)[C@@]1(O)c1ccccc1. The molecule has 1 saturated heterocycles. The van der Waals surface area contributed by atoms with Gasteiger partial charge in [0.05, 0.1) is 18.6 Å². The second-order valence-electron chi connectivity index (χ2n) is 5.90. The zero-order valence-corrected chi connectivity index (χ0v) is 14.6. The van der Waals surface area contributed by atoms with Gasteiger partial charge in [-0.25, -0.2) is 0 Å². The maximum Gasteiger partial charge on any atom is 0.322 e. The first kappa shape index (κ1) is 17.5. The Kier molecular flexibility index (Phi) is 5.12. The van der Waals surface area contributed by atoms with Gasteiger partial charge >= 0.3 is 5.97 Å². The zero-order valence-electron chi connectivity index (χ0n) is 13.8. The number of carbonyl (C=O) groups excluding carboxylic acids is 1. The van der Waals surface area contributed by atoms with E-state index in [4.69, 9.17) is 4.74 Å². The fourth-order valence-electron chi connectivity index (χ4n) is 3.29. The van der Waals surface area contributed by atoms with Crippen LogP contribution in [0.3, 0.4) is 0 Å². The monoisotopic (exact) mass is 353 g/mol. The van der Waals surface area contributed by atoms with E-state index in [0.717, 1.165) is 5.56 Å². The van der Waals surface area contributed by atoms with Gasteiger partial charge in [0, 0.05) is 5.25 Å². The number of rotatable bonds is 4. The average Bonchev–Trinajstić information content (AvgIpc) is 2.97. The first-order valence-electron chi connectivity index (χ1n) is 8.17. The van der Waals surface area contributed by atoms with Gasteiger partial charge in [-0.3, -0.25) is 4.79 Å². The minimum atomic E-state index is -1.60. The molecule has 1 aliphatic heterocycles. The van der Waals surface area contributed by atoms with E-state index in [9.17, 15) is 15.2 Å². The number of nitrogens with zero attached hydrogens (tertiary/aromatic N) is 1. The molecule has 0 unspecified atom stereocenters. The minimum absolute atomic E-state index is 0.230. The van der Waals surface area contributed by atoms with Crippen LogP contribution in [0.2, 0.25) is 0 Å². The molecule has 25 heavy (non-hydrogen) atoms. The number of hydrogen-bond acceptors (Lipinski definition) is 5. The summed E-state index contributed by atoms with van der Waals surface area (Å²) in [6.07, 6.45) is 0. The summed E-state index contributed by atoms with van der Waals surface area (Å²) >= 11 is 1.30. The van der Waals surface area contributed by atoms with Crippen molar-refractivity contribution in [1.29, 1.82) is 5.26 Å². The highest BCUT2D eigenvalue weighted by Gasteiger charge is 2.60. The van der Waals surface area contributed by atoms with E-state index in [2.05, 4.69) is 6.07 Å². The van der Waals surface area contributed by atoms with E-state index in [-0.39, 0.29) is 11.9 Å². The third kappa shape index (κ3) is 3.04. The molecule has 0 bridgehead atoms. The standard InChI is InChI=1S/C20H19NO3S/c1-2-24-19(22)18-20(23,15-11-7-4-8-12-15)16(13-21)17(25-18)14-9-5-3-6-10-14/h3-12,16-18,23H,2H2,1H3/t16-,17+,18-,20+/m1/s1. The molecule has 1 N–H and O–H groups in total. The van der Waals surface area contributed by atoms with Gasteiger partial charge in [0.15, 0.2) is 0 Å². The Morgan fingerprint density at radius 2 is 1.80 bits per heavy atom. The van der Waals surface area contributed by atoms with Crippen LogP contribution in [0, 0.1) is 17.2 Å². The van der Waals surface area contributed by atoms with Crippen molar-refractivity contribution in [2.75, 3.05) is 6.61 Å². The Morgan fingerprint density at radius 3 is 2.36 bits per heavy atom. The molecule has 2 aromatic rings. The third-order valence-corrected chi connectivity index (χ3v) is 6.12. The fraction of sp³-hybridized carbons (Fsp3) is 0.300. The predicted molar refractivity (Wildman–Crippen MR) is 96.6 cm³/mol. The van der Waals surface area contributed by atoms with E-state index < -0.39 is 22.7 Å². The van der Waals surface area contributed by atoms with Gasteiger partial charge in [-0.15, -0.1) is 11.8 Å². The van der Waals surface area contributed by atoms with Gasteiger partial charge in [0.25, 0.3) is 0 Å². The van der Waals surface area contributed by atoms with Crippen LogP contribution in [0.15, 0.2) is 60.7 Å². The number of esters is 1. The van der Waals surface area contributed by atoms with Crippen LogP contribution in [-0.4, -0.2) is 22.9 Å². The molecule has 0 saturated carbocycles. The smallest absolute Gasteiger partial charge is 0.322 e. The molecule has 0 radical (unpaired) electrons. The quantitative estimate of drug-likeness (QED) is 0.853. The Hall–Kier alpha value is -2.29. The van der Waals surface area contributed by atoms with E-state index in [1.54, 1.807) is 31.2 Å². The van der Waals surface area contributed by atoms with Crippen molar-refractivity contribution in [2.24, 2.45) is 5.92 Å². The highest BCUT2D eigenvalue weighted by Crippen LogP contribution is 2.58. The van der Waals surface area contributed by atoms with Crippen molar-refractivity contribution < 1.29 is 14.6 Å². The van der Waals surface area contributed by atoms with Crippen molar-refractivity contribution in [2.45, 2.75) is 23.0 Å². The van der Waals surface area contributed by atoms with Crippen molar-refractivity contribution in [3.05, 3.63) is 71.8 Å². The van der Waals surface area contributed by atoms with Crippen molar-refractivity contribution in [1.82, 2.24) is 0 Å². The fourth-order valence-corrected chi connectivity index (χ4v) is 4.99. The maximum absolute atomic E-state index is 12.6. The average molecular weight is 353 g/mol. The lowest BCUT2D eigenvalue weighted by molar-refractivity contribution is -0.148. The highest BCUT2D eigenvalue weighted by molar-refractivity contribution is 8.01. The Bertz CT molecular complexity index is 775. The molecule has 1 aliphatic rings. The van der Waals surface area contributed by atoms with Crippen LogP contribution < -0.4 is 0 Å². The number of carbonyl (C=O) groups is 1. The Morgan fingerprint density at radius 1 is 1.20 bits per heavy atom. The number of ether oxygens (including phenoxy) is 1. The zero-order chi connectivity index (χ0) is 17.9. The summed E-state index contributed by atoms with van der Waals surface area (Å²) in [5.41, 5.74) is -0.126. The van der Waals surface area contributed by atoms with E-state index in [0.29, 0.717) is 5.56 Å². The van der Waals surface area contributed by atoms with Crippen molar-refractivity contribution in [3.63, 3.8) is 0 Å². The van der Waals surface area contributed by atoms with Crippen molar-refractivity contribution >= 4 is 17.7 Å². The molecule has 1 heterocycles. The molecule has 128 valence electrons. The van der Waals surface area contributed by atoms with Crippen LogP contribution in [0.5, 0.6) is 0 Å². The summed E-state index contributed by atoms with van der Waals surface area (Å²) < 4.78 is 5.19. The molecular formula is C20H19NO3S. The summed E-state index contributed by atoms with van der Waals surface area (Å²) in [5.74, 6) is -1.26. The van der Waals surface area contributed by atoms with Crippen LogP contribution in [0.25, 0.3) is 0 Å². The van der Waals surface area contributed by atoms with Gasteiger partial charge in [-0.05, 0) is 18.1 Å². The number of aliphatic hydroxyl groups is 1. The van der Waals surface area contributed by atoms with Crippen LogP contribution in [0.4, 0.5) is 0 Å². The molecule has 5 heteroatoms. The normalized spacial score (nSPS) is 28.3. The first-order chi connectivity index (χ1) is 12.1. The lowest BCUT2D eigenvalue weighted by atomic mass is 9.76. The molecule has 0 spiro atoms. The van der Waals surface area contributed by atoms with E-state index in [1.165, 1.54) is 11.8 Å². The third-order valence-electron chi connectivity index (χ3n) is 4.46. The van der Waals surface area contributed by atoms with E-state index in [1.807, 2.05) is 36.4 Å². The molecule has 4 atom stereocenters. The minimum Gasteiger partial charge on any atom is -0.465 e. The molecule has 0 aliphatic carbocycles. The number of benzene rings is 2. The second-order valence-corrected chi connectivity index (χ2v) is 7.15. The van der Waals surface area contributed by atoms with Gasteiger partial charge < -0.3 is 9.84 Å². The number of hydrogen-bond donors (Lipinski definition) is 1. The predicted octanol–water partition coefficient (Wildman–Crippen LogP) is 3.43. The molecule has 3 rings (SSSR count). The molecule has 0 amide bonds. The van der Waals surface area contributed by atoms with Gasteiger partial charge in [-0.2, -0.15) is 5.26 Å². The molecular weight excluding hydrogens is 334 g/mol.